The lowest BCUT2D eigenvalue weighted by Crippen LogP contribution is -2.18. The van der Waals surface area contributed by atoms with Crippen LogP contribution in [-0.4, -0.2) is 27.0 Å². The molecule has 0 radical (unpaired) electrons. The number of amides is 1. The summed E-state index contributed by atoms with van der Waals surface area (Å²) in [6, 6.07) is 7.17. The normalized spacial score (nSPS) is 12.1. The number of para-hydroxylation sites is 2. The highest BCUT2D eigenvalue weighted by atomic mass is 35.5. The fourth-order valence-corrected chi connectivity index (χ4v) is 2.11. The number of anilines is 1. The minimum absolute atomic E-state index is 0.0649. The van der Waals surface area contributed by atoms with Gasteiger partial charge in [0, 0.05) is 12.8 Å². The van der Waals surface area contributed by atoms with E-state index in [1.165, 1.54) is 0 Å². The first-order chi connectivity index (χ1) is 9.95. The van der Waals surface area contributed by atoms with E-state index in [1.807, 2.05) is 12.1 Å². The van der Waals surface area contributed by atoms with E-state index in [1.54, 1.807) is 19.1 Å². The Balaban J connectivity index is 2.10. The molecule has 0 saturated carbocycles. The Labute approximate surface area is 126 Å². The Hall–Kier alpha value is -2.21. The van der Waals surface area contributed by atoms with E-state index < -0.39 is 5.97 Å². The molecule has 0 aliphatic carbocycles. The zero-order chi connectivity index (χ0) is 15.4. The highest BCUT2D eigenvalue weighted by Crippen LogP contribution is 2.21. The van der Waals surface area contributed by atoms with Crippen molar-refractivity contribution in [1.82, 2.24) is 9.97 Å². The van der Waals surface area contributed by atoms with Crippen molar-refractivity contribution in [3.63, 3.8) is 0 Å². The lowest BCUT2D eigenvalue weighted by atomic mass is 10.0. The molecule has 7 heteroatoms. The number of carbonyl (C=O) groups excluding carboxylic acids is 1. The third kappa shape index (κ3) is 4.13. The van der Waals surface area contributed by atoms with E-state index in [-0.39, 0.29) is 35.6 Å². The molecule has 0 bridgehead atoms. The van der Waals surface area contributed by atoms with E-state index in [9.17, 15) is 9.59 Å². The minimum atomic E-state index is -0.932. The molecule has 1 unspecified atom stereocenters. The van der Waals surface area contributed by atoms with Crippen LogP contribution in [0.25, 0.3) is 11.0 Å². The van der Waals surface area contributed by atoms with Crippen LogP contribution in [0.5, 0.6) is 0 Å². The third-order valence-electron chi connectivity index (χ3n) is 2.84. The minimum Gasteiger partial charge on any atom is -0.481 e. The third-order valence-corrected chi connectivity index (χ3v) is 3.11. The SMILES string of the molecule is CC(CC(=O)O)CC(=O)Nc1nc2ccccc2nc1Cl. The number of hydrogen-bond acceptors (Lipinski definition) is 4. The summed E-state index contributed by atoms with van der Waals surface area (Å²) in [6.45, 7) is 1.70. The molecule has 2 rings (SSSR count). The molecular weight excluding hydrogens is 294 g/mol. The number of nitrogens with zero attached hydrogens (tertiary/aromatic N) is 2. The van der Waals surface area contributed by atoms with Gasteiger partial charge in [0.05, 0.1) is 11.0 Å². The highest BCUT2D eigenvalue weighted by molar-refractivity contribution is 6.32. The molecule has 21 heavy (non-hydrogen) atoms. The number of aliphatic carboxylic acids is 1. The number of carboxylic acid groups (broad SMARTS) is 1. The van der Waals surface area contributed by atoms with Gasteiger partial charge in [0.25, 0.3) is 0 Å². The molecule has 1 atom stereocenters. The Morgan fingerprint density at radius 2 is 1.86 bits per heavy atom. The quantitative estimate of drug-likeness (QED) is 0.886. The molecule has 0 spiro atoms. The molecule has 0 saturated heterocycles. The summed E-state index contributed by atoms with van der Waals surface area (Å²) in [7, 11) is 0. The average molecular weight is 308 g/mol. The smallest absolute Gasteiger partial charge is 0.303 e. The van der Waals surface area contributed by atoms with E-state index >= 15 is 0 Å². The molecule has 0 aliphatic rings. The number of fused-ring (bicyclic) bond motifs is 1. The first-order valence-electron chi connectivity index (χ1n) is 6.39. The Morgan fingerprint density at radius 1 is 1.24 bits per heavy atom. The lowest BCUT2D eigenvalue weighted by Gasteiger charge is -2.10. The zero-order valence-electron chi connectivity index (χ0n) is 11.3. The van der Waals surface area contributed by atoms with Gasteiger partial charge in [-0.15, -0.1) is 0 Å². The van der Waals surface area contributed by atoms with Crippen LogP contribution in [0.3, 0.4) is 0 Å². The summed E-state index contributed by atoms with van der Waals surface area (Å²) in [5, 5.41) is 11.3. The van der Waals surface area contributed by atoms with Crippen molar-refractivity contribution in [2.24, 2.45) is 5.92 Å². The van der Waals surface area contributed by atoms with Gasteiger partial charge in [-0.1, -0.05) is 30.7 Å². The predicted octanol–water partition coefficient (Wildman–Crippen LogP) is 2.72. The monoisotopic (exact) mass is 307 g/mol. The van der Waals surface area contributed by atoms with Gasteiger partial charge >= 0.3 is 5.97 Å². The highest BCUT2D eigenvalue weighted by Gasteiger charge is 2.15. The van der Waals surface area contributed by atoms with Gasteiger partial charge < -0.3 is 10.4 Å². The van der Waals surface area contributed by atoms with Gasteiger partial charge in [-0.05, 0) is 18.1 Å². The summed E-state index contributed by atoms with van der Waals surface area (Å²) in [4.78, 5) is 30.8. The molecule has 1 amide bonds. The van der Waals surface area contributed by atoms with Crippen molar-refractivity contribution in [3.05, 3.63) is 29.4 Å². The molecule has 0 aliphatic heterocycles. The van der Waals surface area contributed by atoms with Crippen molar-refractivity contribution in [2.75, 3.05) is 5.32 Å². The Bertz CT molecular complexity index is 690. The van der Waals surface area contributed by atoms with Crippen molar-refractivity contribution in [1.29, 1.82) is 0 Å². The molecule has 0 fully saturated rings. The number of rotatable bonds is 5. The maximum Gasteiger partial charge on any atom is 0.303 e. The number of benzene rings is 1. The molecule has 6 nitrogen and oxygen atoms in total. The van der Waals surface area contributed by atoms with Gasteiger partial charge in [-0.3, -0.25) is 9.59 Å². The van der Waals surface area contributed by atoms with Crippen LogP contribution < -0.4 is 5.32 Å². The van der Waals surface area contributed by atoms with E-state index in [4.69, 9.17) is 16.7 Å². The largest absolute Gasteiger partial charge is 0.481 e. The number of aromatic nitrogens is 2. The molecule has 2 N–H and O–H groups in total. The topological polar surface area (TPSA) is 92.2 Å². The van der Waals surface area contributed by atoms with Crippen molar-refractivity contribution in [3.8, 4) is 0 Å². The first kappa shape index (κ1) is 15.2. The second-order valence-corrected chi connectivity index (χ2v) is 5.17. The maximum atomic E-state index is 11.9. The predicted molar refractivity (Wildman–Crippen MR) is 79.2 cm³/mol. The summed E-state index contributed by atoms with van der Waals surface area (Å²) in [5.74, 6) is -1.35. The summed E-state index contributed by atoms with van der Waals surface area (Å²) >= 11 is 5.99. The van der Waals surface area contributed by atoms with Gasteiger partial charge in [-0.2, -0.15) is 0 Å². The van der Waals surface area contributed by atoms with Gasteiger partial charge in [0.2, 0.25) is 5.91 Å². The summed E-state index contributed by atoms with van der Waals surface area (Å²) < 4.78 is 0. The van der Waals surface area contributed by atoms with E-state index in [0.717, 1.165) is 0 Å². The van der Waals surface area contributed by atoms with Gasteiger partial charge in [-0.25, -0.2) is 9.97 Å². The molecular formula is C14H14ClN3O3. The van der Waals surface area contributed by atoms with E-state index in [2.05, 4.69) is 15.3 Å². The van der Waals surface area contributed by atoms with E-state index in [0.29, 0.717) is 11.0 Å². The van der Waals surface area contributed by atoms with Crippen LogP contribution in [0.4, 0.5) is 5.82 Å². The molecule has 1 aromatic carbocycles. The second-order valence-electron chi connectivity index (χ2n) is 4.81. The van der Waals surface area contributed by atoms with Crippen LogP contribution >= 0.6 is 11.6 Å². The Kier molecular flexibility index (Phi) is 4.70. The molecule has 1 heterocycles. The first-order valence-corrected chi connectivity index (χ1v) is 6.77. The lowest BCUT2D eigenvalue weighted by molar-refractivity contribution is -0.138. The Morgan fingerprint density at radius 3 is 2.48 bits per heavy atom. The van der Waals surface area contributed by atoms with Gasteiger partial charge in [0.15, 0.2) is 11.0 Å². The van der Waals surface area contributed by atoms with Crippen molar-refractivity contribution in [2.45, 2.75) is 19.8 Å². The number of nitrogens with one attached hydrogen (secondary N) is 1. The number of hydrogen-bond donors (Lipinski definition) is 2. The molecule has 1 aromatic heterocycles. The fourth-order valence-electron chi connectivity index (χ4n) is 1.93. The molecule has 2 aromatic rings. The van der Waals surface area contributed by atoms with Crippen LogP contribution in [0.2, 0.25) is 5.15 Å². The number of carboxylic acids is 1. The van der Waals surface area contributed by atoms with Gasteiger partial charge in [0.1, 0.15) is 0 Å². The molecule has 110 valence electrons. The number of carbonyl (C=O) groups is 2. The van der Waals surface area contributed by atoms with Crippen LogP contribution in [0, 0.1) is 5.92 Å². The number of halogens is 1. The summed E-state index contributed by atoms with van der Waals surface area (Å²) in [5.41, 5.74) is 1.26. The standard InChI is InChI=1S/C14H14ClN3O3/c1-8(7-12(20)21)6-11(19)18-14-13(15)16-9-4-2-3-5-10(9)17-14/h2-5,8H,6-7H2,1H3,(H,20,21)(H,17,18,19). The zero-order valence-corrected chi connectivity index (χ0v) is 12.1. The average Bonchev–Trinajstić information content (AvgIpc) is 2.38. The maximum absolute atomic E-state index is 11.9. The second kappa shape index (κ2) is 6.49. The van der Waals surface area contributed by atoms with Crippen LogP contribution in [0.1, 0.15) is 19.8 Å². The fraction of sp³-hybridized carbons (Fsp3) is 0.286. The van der Waals surface area contributed by atoms with Crippen LogP contribution in [-0.2, 0) is 9.59 Å². The summed E-state index contributed by atoms with van der Waals surface area (Å²) in [6.07, 6.45) is 0.0156. The van der Waals surface area contributed by atoms with Crippen LogP contribution in [0.15, 0.2) is 24.3 Å². The van der Waals surface area contributed by atoms with Crippen molar-refractivity contribution >= 4 is 40.3 Å². The van der Waals surface area contributed by atoms with Crippen molar-refractivity contribution < 1.29 is 14.7 Å².